The summed E-state index contributed by atoms with van der Waals surface area (Å²) in [6.45, 7) is 5.87. The Morgan fingerprint density at radius 2 is 2.00 bits per heavy atom. The number of carbonyl (C=O) groups excluding carboxylic acids is 1. The third kappa shape index (κ3) is 4.28. The van der Waals surface area contributed by atoms with Crippen LogP contribution in [0.15, 0.2) is 53.8 Å². The van der Waals surface area contributed by atoms with Crippen LogP contribution in [-0.2, 0) is 11.2 Å². The Morgan fingerprint density at radius 1 is 1.22 bits per heavy atom. The van der Waals surface area contributed by atoms with E-state index in [1.807, 2.05) is 36.5 Å². The van der Waals surface area contributed by atoms with E-state index in [2.05, 4.69) is 34.3 Å². The van der Waals surface area contributed by atoms with Crippen LogP contribution in [0, 0.1) is 0 Å². The Kier molecular flexibility index (Phi) is 5.76. The molecule has 3 aromatic rings. The molecule has 0 unspecified atom stereocenters. The van der Waals surface area contributed by atoms with Crippen LogP contribution >= 0.6 is 0 Å². The van der Waals surface area contributed by atoms with E-state index in [4.69, 9.17) is 0 Å². The van der Waals surface area contributed by atoms with Gasteiger partial charge < -0.3 is 15.0 Å². The number of fused-ring (bicyclic) bond motifs is 1. The lowest BCUT2D eigenvalue weighted by Gasteiger charge is -2.21. The van der Waals surface area contributed by atoms with Crippen LogP contribution in [0.3, 0.4) is 0 Å². The SMILES string of the molecule is CCN(CC)c1ccc(/C=N/NC(=O)Cc2c[nH]c3ccccc23)c(O)c1. The van der Waals surface area contributed by atoms with E-state index in [1.54, 1.807) is 12.1 Å². The number of nitrogens with one attached hydrogen (secondary N) is 2. The monoisotopic (exact) mass is 364 g/mol. The van der Waals surface area contributed by atoms with Crippen LogP contribution in [-0.4, -0.2) is 35.3 Å². The minimum absolute atomic E-state index is 0.133. The van der Waals surface area contributed by atoms with Gasteiger partial charge >= 0.3 is 0 Å². The number of hydrazone groups is 1. The number of H-pyrrole nitrogens is 1. The van der Waals surface area contributed by atoms with E-state index in [1.165, 1.54) is 6.21 Å². The molecule has 0 radical (unpaired) electrons. The van der Waals surface area contributed by atoms with Gasteiger partial charge in [0.05, 0.1) is 12.6 Å². The number of nitrogens with zero attached hydrogens (tertiary/aromatic N) is 2. The Hall–Kier alpha value is -3.28. The summed E-state index contributed by atoms with van der Waals surface area (Å²) < 4.78 is 0. The van der Waals surface area contributed by atoms with E-state index in [9.17, 15) is 9.90 Å². The molecule has 3 N–H and O–H groups in total. The zero-order valence-corrected chi connectivity index (χ0v) is 15.6. The lowest BCUT2D eigenvalue weighted by molar-refractivity contribution is -0.120. The third-order valence-electron chi connectivity index (χ3n) is 4.56. The summed E-state index contributed by atoms with van der Waals surface area (Å²) in [6, 6.07) is 13.3. The van der Waals surface area contributed by atoms with Crippen molar-refractivity contribution < 1.29 is 9.90 Å². The smallest absolute Gasteiger partial charge is 0.244 e. The van der Waals surface area contributed by atoms with E-state index in [0.717, 1.165) is 35.2 Å². The number of aromatic nitrogens is 1. The molecule has 3 rings (SSSR count). The van der Waals surface area contributed by atoms with Gasteiger partial charge in [-0.1, -0.05) is 18.2 Å². The van der Waals surface area contributed by atoms with Crippen molar-refractivity contribution in [2.24, 2.45) is 5.10 Å². The number of phenolic OH excluding ortho intramolecular Hbond substituents is 1. The molecule has 0 aliphatic heterocycles. The summed E-state index contributed by atoms with van der Waals surface area (Å²) in [7, 11) is 0. The molecule has 2 aromatic carbocycles. The van der Waals surface area contributed by atoms with Crippen LogP contribution in [0.2, 0.25) is 0 Å². The van der Waals surface area contributed by atoms with Gasteiger partial charge in [0.2, 0.25) is 5.91 Å². The third-order valence-corrected chi connectivity index (χ3v) is 4.56. The number of aromatic amines is 1. The molecule has 0 aliphatic rings. The van der Waals surface area contributed by atoms with Crippen molar-refractivity contribution in [3.63, 3.8) is 0 Å². The van der Waals surface area contributed by atoms with Gasteiger partial charge in [0.1, 0.15) is 5.75 Å². The first-order chi connectivity index (χ1) is 13.1. The van der Waals surface area contributed by atoms with Gasteiger partial charge in [-0.25, -0.2) is 5.43 Å². The van der Waals surface area contributed by atoms with Crippen molar-refractivity contribution >= 4 is 28.7 Å². The molecular formula is C21H24N4O2. The molecule has 1 aromatic heterocycles. The normalized spacial score (nSPS) is 11.2. The lowest BCUT2D eigenvalue weighted by atomic mass is 10.1. The summed E-state index contributed by atoms with van der Waals surface area (Å²) in [5.41, 5.74) is 5.95. The standard InChI is InChI=1S/C21H24N4O2/c1-3-25(4-2)17-10-9-15(20(26)12-17)14-23-24-21(27)11-16-13-22-19-8-6-5-7-18(16)19/h5-10,12-14,22,26H,3-4,11H2,1-2H3,(H,24,27)/b23-14+. The van der Waals surface area contributed by atoms with Crippen molar-refractivity contribution in [2.45, 2.75) is 20.3 Å². The molecule has 0 aliphatic carbocycles. The Morgan fingerprint density at radius 3 is 2.74 bits per heavy atom. The number of amides is 1. The predicted octanol–water partition coefficient (Wildman–Crippen LogP) is 3.41. The number of carbonyl (C=O) groups is 1. The minimum Gasteiger partial charge on any atom is -0.507 e. The quantitative estimate of drug-likeness (QED) is 0.444. The molecule has 0 spiro atoms. The number of para-hydroxylation sites is 1. The molecular weight excluding hydrogens is 340 g/mol. The maximum absolute atomic E-state index is 12.1. The highest BCUT2D eigenvalue weighted by atomic mass is 16.3. The number of benzene rings is 2. The summed E-state index contributed by atoms with van der Waals surface area (Å²) in [5.74, 6) is -0.0794. The topological polar surface area (TPSA) is 80.7 Å². The second-order valence-corrected chi connectivity index (χ2v) is 6.24. The average Bonchev–Trinajstić information content (AvgIpc) is 3.07. The first-order valence-electron chi connectivity index (χ1n) is 9.07. The van der Waals surface area contributed by atoms with Crippen molar-refractivity contribution in [2.75, 3.05) is 18.0 Å². The van der Waals surface area contributed by atoms with Gasteiger partial charge in [0.25, 0.3) is 0 Å². The molecule has 0 saturated heterocycles. The molecule has 1 heterocycles. The first-order valence-corrected chi connectivity index (χ1v) is 9.07. The van der Waals surface area contributed by atoms with Crippen LogP contribution in [0.25, 0.3) is 10.9 Å². The molecule has 6 nitrogen and oxygen atoms in total. The van der Waals surface area contributed by atoms with Crippen LogP contribution in [0.1, 0.15) is 25.0 Å². The van der Waals surface area contributed by atoms with Gasteiger partial charge in [-0.3, -0.25) is 4.79 Å². The first kappa shape index (κ1) is 18.5. The highest BCUT2D eigenvalue weighted by Gasteiger charge is 2.08. The summed E-state index contributed by atoms with van der Waals surface area (Å²) in [6.07, 6.45) is 3.52. The number of hydrogen-bond acceptors (Lipinski definition) is 4. The summed E-state index contributed by atoms with van der Waals surface area (Å²) >= 11 is 0. The predicted molar refractivity (Wildman–Crippen MR) is 109 cm³/mol. The number of aromatic hydroxyl groups is 1. The molecule has 1 amide bonds. The van der Waals surface area contributed by atoms with E-state index in [-0.39, 0.29) is 18.1 Å². The Bertz CT molecular complexity index is 958. The van der Waals surface area contributed by atoms with Gasteiger partial charge in [0, 0.05) is 47.5 Å². The van der Waals surface area contributed by atoms with Gasteiger partial charge in [-0.15, -0.1) is 0 Å². The average molecular weight is 364 g/mol. The summed E-state index contributed by atoms with van der Waals surface area (Å²) in [5, 5.41) is 15.2. The number of phenols is 1. The van der Waals surface area contributed by atoms with Crippen LogP contribution < -0.4 is 10.3 Å². The van der Waals surface area contributed by atoms with E-state index in [0.29, 0.717) is 5.56 Å². The Balaban J connectivity index is 1.62. The lowest BCUT2D eigenvalue weighted by Crippen LogP contribution is -2.21. The maximum atomic E-state index is 12.1. The fourth-order valence-electron chi connectivity index (χ4n) is 3.09. The zero-order chi connectivity index (χ0) is 19.2. The molecule has 0 saturated carbocycles. The highest BCUT2D eigenvalue weighted by Crippen LogP contribution is 2.23. The number of anilines is 1. The Labute approximate surface area is 158 Å². The summed E-state index contributed by atoms with van der Waals surface area (Å²) in [4.78, 5) is 17.4. The molecule has 0 bridgehead atoms. The largest absolute Gasteiger partial charge is 0.507 e. The molecule has 6 heteroatoms. The zero-order valence-electron chi connectivity index (χ0n) is 15.6. The van der Waals surface area contributed by atoms with Crippen LogP contribution in [0.4, 0.5) is 5.69 Å². The molecule has 27 heavy (non-hydrogen) atoms. The minimum atomic E-state index is -0.213. The van der Waals surface area contributed by atoms with Gasteiger partial charge in [-0.2, -0.15) is 5.10 Å². The van der Waals surface area contributed by atoms with Crippen molar-refractivity contribution in [1.82, 2.24) is 10.4 Å². The van der Waals surface area contributed by atoms with Gasteiger partial charge in [0.15, 0.2) is 0 Å². The van der Waals surface area contributed by atoms with E-state index >= 15 is 0 Å². The second-order valence-electron chi connectivity index (χ2n) is 6.24. The van der Waals surface area contributed by atoms with E-state index < -0.39 is 0 Å². The van der Waals surface area contributed by atoms with Crippen molar-refractivity contribution in [3.05, 3.63) is 59.8 Å². The maximum Gasteiger partial charge on any atom is 0.244 e. The fourth-order valence-corrected chi connectivity index (χ4v) is 3.09. The molecule has 0 atom stereocenters. The highest BCUT2D eigenvalue weighted by molar-refractivity contribution is 5.90. The van der Waals surface area contributed by atoms with Crippen LogP contribution in [0.5, 0.6) is 5.75 Å². The molecule has 0 fully saturated rings. The van der Waals surface area contributed by atoms with Crippen molar-refractivity contribution in [3.8, 4) is 5.75 Å². The second kappa shape index (κ2) is 8.40. The number of rotatable bonds is 7. The van der Waals surface area contributed by atoms with Crippen molar-refractivity contribution in [1.29, 1.82) is 0 Å². The van der Waals surface area contributed by atoms with Gasteiger partial charge in [-0.05, 0) is 37.6 Å². The number of hydrogen-bond donors (Lipinski definition) is 3. The fraction of sp³-hybridized carbons (Fsp3) is 0.238. The molecule has 140 valence electrons.